The van der Waals surface area contributed by atoms with E-state index in [0.717, 1.165) is 60.5 Å². The second kappa shape index (κ2) is 8.48. The van der Waals surface area contributed by atoms with E-state index in [0.29, 0.717) is 19.0 Å². The molecule has 2 aromatic heterocycles. The van der Waals surface area contributed by atoms with Gasteiger partial charge in [-0.25, -0.2) is 14.4 Å². The van der Waals surface area contributed by atoms with Crippen molar-refractivity contribution in [2.24, 2.45) is 0 Å². The molecule has 0 amide bonds. The van der Waals surface area contributed by atoms with E-state index in [1.54, 1.807) is 13.4 Å². The Bertz CT molecular complexity index is 1190. The molecule has 2 fully saturated rings. The molecule has 0 unspecified atom stereocenters. The summed E-state index contributed by atoms with van der Waals surface area (Å²) in [5, 5.41) is 4.61. The molecular formula is C25H30FN5O3. The van der Waals surface area contributed by atoms with Gasteiger partial charge in [0.25, 0.3) is 0 Å². The van der Waals surface area contributed by atoms with Gasteiger partial charge in [-0.2, -0.15) is 0 Å². The first-order valence-corrected chi connectivity index (χ1v) is 12.0. The molecular weight excluding hydrogens is 437 g/mol. The Hall–Kier alpha value is -2.75. The molecule has 3 aliphatic rings. The number of halogens is 1. The molecule has 1 saturated carbocycles. The summed E-state index contributed by atoms with van der Waals surface area (Å²) < 4.78 is 31.7. The number of morpholine rings is 1. The second-order valence-corrected chi connectivity index (χ2v) is 9.58. The number of aromatic nitrogens is 3. The van der Waals surface area contributed by atoms with E-state index in [2.05, 4.69) is 38.2 Å². The van der Waals surface area contributed by atoms with Crippen molar-refractivity contribution in [1.29, 1.82) is 0 Å². The topological polar surface area (TPSA) is 84.5 Å². The van der Waals surface area contributed by atoms with Crippen LogP contribution in [-0.2, 0) is 15.1 Å². The number of nitrogens with one attached hydrogen (secondary N) is 2. The maximum atomic E-state index is 14.0. The summed E-state index contributed by atoms with van der Waals surface area (Å²) in [6.45, 7) is 4.85. The van der Waals surface area contributed by atoms with E-state index in [1.165, 1.54) is 12.1 Å². The first-order chi connectivity index (χ1) is 16.6. The molecule has 0 spiro atoms. The lowest BCUT2D eigenvalue weighted by Gasteiger charge is -2.43. The van der Waals surface area contributed by atoms with E-state index < -0.39 is 0 Å². The van der Waals surface area contributed by atoms with E-state index in [1.807, 2.05) is 6.07 Å². The summed E-state index contributed by atoms with van der Waals surface area (Å²) in [6.07, 6.45) is 4.84. The number of H-pyrrole nitrogens is 1. The van der Waals surface area contributed by atoms with Gasteiger partial charge in [0.1, 0.15) is 41.6 Å². The third-order valence-electron chi connectivity index (χ3n) is 7.61. The average molecular weight is 468 g/mol. The first kappa shape index (κ1) is 21.8. The molecule has 34 heavy (non-hydrogen) atoms. The standard InChI is InChI=1S/C25H30FN5O3/c1-15-12-31(8-9-33-15)19-13-34-20-10-16(26)4-5-17(20)22(19)30-24-18-11-21(25(32-2)6-3-7-25)29-23(18)27-14-28-24/h4-5,10-11,14-15,19,22H,3,6-9,12-13H2,1-2H3,(H2,27,28,29,30)/t15-,19+,22+/m1/s1. The van der Waals surface area contributed by atoms with Crippen LogP contribution < -0.4 is 10.1 Å². The maximum Gasteiger partial charge on any atom is 0.143 e. The SMILES string of the molecule is COC1(c2cc3c(N[C@H]4c5ccc(F)cc5OC[C@@H]4N4CCO[C@H](C)C4)ncnc3[nH]2)CCC1. The van der Waals surface area contributed by atoms with Crippen LogP contribution >= 0.6 is 0 Å². The zero-order valence-corrected chi connectivity index (χ0v) is 19.5. The molecule has 3 atom stereocenters. The van der Waals surface area contributed by atoms with E-state index >= 15 is 0 Å². The van der Waals surface area contributed by atoms with Crippen molar-refractivity contribution in [3.8, 4) is 5.75 Å². The molecule has 1 aliphatic carbocycles. The molecule has 9 heteroatoms. The van der Waals surface area contributed by atoms with Gasteiger partial charge in [0.2, 0.25) is 0 Å². The molecule has 2 aliphatic heterocycles. The van der Waals surface area contributed by atoms with Gasteiger partial charge < -0.3 is 24.5 Å². The van der Waals surface area contributed by atoms with Gasteiger partial charge >= 0.3 is 0 Å². The number of methoxy groups -OCH3 is 1. The van der Waals surface area contributed by atoms with Gasteiger partial charge in [0.05, 0.1) is 30.2 Å². The van der Waals surface area contributed by atoms with Crippen molar-refractivity contribution in [2.75, 3.05) is 38.7 Å². The number of hydrogen-bond donors (Lipinski definition) is 2. The molecule has 1 saturated heterocycles. The molecule has 6 rings (SSSR count). The minimum Gasteiger partial charge on any atom is -0.491 e. The van der Waals surface area contributed by atoms with E-state index in [4.69, 9.17) is 14.2 Å². The second-order valence-electron chi connectivity index (χ2n) is 9.58. The zero-order chi connectivity index (χ0) is 23.3. The fourth-order valence-electron chi connectivity index (χ4n) is 5.53. The summed E-state index contributed by atoms with van der Waals surface area (Å²) in [5.74, 6) is 1.01. The summed E-state index contributed by atoms with van der Waals surface area (Å²) in [4.78, 5) is 14.9. The van der Waals surface area contributed by atoms with Crippen LogP contribution in [0.15, 0.2) is 30.6 Å². The monoisotopic (exact) mass is 467 g/mol. The van der Waals surface area contributed by atoms with Crippen molar-refractivity contribution >= 4 is 16.9 Å². The molecule has 8 nitrogen and oxygen atoms in total. The summed E-state index contributed by atoms with van der Waals surface area (Å²) in [7, 11) is 1.77. The van der Waals surface area contributed by atoms with Crippen molar-refractivity contribution in [3.63, 3.8) is 0 Å². The minimum absolute atomic E-state index is 0.0460. The molecule has 1 aromatic carbocycles. The Labute approximate surface area is 197 Å². The molecule has 3 aromatic rings. The Morgan fingerprint density at radius 3 is 2.91 bits per heavy atom. The highest BCUT2D eigenvalue weighted by Gasteiger charge is 2.41. The largest absolute Gasteiger partial charge is 0.491 e. The Kier molecular flexibility index (Phi) is 5.43. The number of hydrogen-bond acceptors (Lipinski definition) is 7. The number of anilines is 1. The van der Waals surface area contributed by atoms with Crippen LogP contribution in [0.3, 0.4) is 0 Å². The number of rotatable bonds is 5. The highest BCUT2D eigenvalue weighted by molar-refractivity contribution is 5.88. The summed E-state index contributed by atoms with van der Waals surface area (Å²) in [6, 6.07) is 6.79. The predicted molar refractivity (Wildman–Crippen MR) is 125 cm³/mol. The van der Waals surface area contributed by atoms with Gasteiger partial charge in [-0.3, -0.25) is 4.90 Å². The third kappa shape index (κ3) is 3.62. The maximum absolute atomic E-state index is 14.0. The van der Waals surface area contributed by atoms with Crippen LogP contribution in [0.4, 0.5) is 10.2 Å². The van der Waals surface area contributed by atoms with Crippen molar-refractivity contribution in [2.45, 2.75) is 50.0 Å². The number of benzene rings is 1. The van der Waals surface area contributed by atoms with Gasteiger partial charge in [-0.05, 0) is 38.3 Å². The van der Waals surface area contributed by atoms with Crippen molar-refractivity contribution in [3.05, 3.63) is 47.7 Å². The molecule has 2 N–H and O–H groups in total. The van der Waals surface area contributed by atoms with Crippen molar-refractivity contribution < 1.29 is 18.6 Å². The first-order valence-electron chi connectivity index (χ1n) is 12.0. The van der Waals surface area contributed by atoms with E-state index in [-0.39, 0.29) is 29.6 Å². The Morgan fingerprint density at radius 2 is 2.15 bits per heavy atom. The van der Waals surface area contributed by atoms with Gasteiger partial charge in [0.15, 0.2) is 0 Å². The number of fused-ring (bicyclic) bond motifs is 2. The smallest absolute Gasteiger partial charge is 0.143 e. The minimum atomic E-state index is -0.305. The molecule has 4 heterocycles. The van der Waals surface area contributed by atoms with Crippen LogP contribution in [0, 0.1) is 5.82 Å². The number of aromatic amines is 1. The highest BCUT2D eigenvalue weighted by atomic mass is 19.1. The predicted octanol–water partition coefficient (Wildman–Crippen LogP) is 3.76. The summed E-state index contributed by atoms with van der Waals surface area (Å²) in [5.41, 5.74) is 2.46. The lowest BCUT2D eigenvalue weighted by Crippen LogP contribution is -2.54. The van der Waals surface area contributed by atoms with Gasteiger partial charge in [0, 0.05) is 37.5 Å². The number of ether oxygens (including phenoxy) is 3. The normalized spacial score (nSPS) is 26.5. The lowest BCUT2D eigenvalue weighted by atomic mass is 9.77. The highest BCUT2D eigenvalue weighted by Crippen LogP contribution is 2.45. The quantitative estimate of drug-likeness (QED) is 0.591. The van der Waals surface area contributed by atoms with Crippen molar-refractivity contribution in [1.82, 2.24) is 19.9 Å². The Balaban J connectivity index is 1.38. The van der Waals surface area contributed by atoms with Crippen LogP contribution in [-0.4, -0.2) is 65.4 Å². The Morgan fingerprint density at radius 1 is 1.26 bits per heavy atom. The summed E-state index contributed by atoms with van der Waals surface area (Å²) >= 11 is 0. The third-order valence-corrected chi connectivity index (χ3v) is 7.61. The van der Waals surface area contributed by atoms with Gasteiger partial charge in [-0.1, -0.05) is 6.07 Å². The fraction of sp³-hybridized carbons (Fsp3) is 0.520. The zero-order valence-electron chi connectivity index (χ0n) is 19.5. The van der Waals surface area contributed by atoms with Gasteiger partial charge in [-0.15, -0.1) is 0 Å². The van der Waals surface area contributed by atoms with Crippen LogP contribution in [0.1, 0.15) is 43.5 Å². The number of nitrogens with zero attached hydrogens (tertiary/aromatic N) is 3. The molecule has 0 bridgehead atoms. The van der Waals surface area contributed by atoms with Crippen LogP contribution in [0.25, 0.3) is 11.0 Å². The van der Waals surface area contributed by atoms with Crippen LogP contribution in [0.2, 0.25) is 0 Å². The lowest BCUT2D eigenvalue weighted by molar-refractivity contribution is -0.0806. The fourth-order valence-corrected chi connectivity index (χ4v) is 5.53. The van der Waals surface area contributed by atoms with Crippen LogP contribution in [0.5, 0.6) is 5.75 Å². The molecule has 180 valence electrons. The average Bonchev–Trinajstić information content (AvgIpc) is 3.24. The van der Waals surface area contributed by atoms with E-state index in [9.17, 15) is 4.39 Å². The molecule has 0 radical (unpaired) electrons.